The first-order valence-electron chi connectivity index (χ1n) is 5.73. The van der Waals surface area contributed by atoms with E-state index in [9.17, 15) is 0 Å². The second-order valence-corrected chi connectivity index (χ2v) is 5.11. The fourth-order valence-corrected chi connectivity index (χ4v) is 2.97. The molecule has 0 radical (unpaired) electrons. The molecule has 1 saturated heterocycles. The number of nitrogens with one attached hydrogen (secondary N) is 2. The highest BCUT2D eigenvalue weighted by atomic mass is 32.1. The van der Waals surface area contributed by atoms with E-state index < -0.39 is 0 Å². The zero-order chi connectivity index (χ0) is 10.8. The Labute approximate surface area is 98.9 Å². The van der Waals surface area contributed by atoms with Gasteiger partial charge in [-0.2, -0.15) is 0 Å². The van der Waals surface area contributed by atoms with Crippen LogP contribution in [-0.4, -0.2) is 24.1 Å². The third kappa shape index (κ3) is 1.90. The van der Waals surface area contributed by atoms with Crippen LogP contribution in [0.15, 0.2) is 23.7 Å². The van der Waals surface area contributed by atoms with E-state index in [0.29, 0.717) is 6.04 Å². The number of hydrogen-bond acceptors (Lipinski definition) is 4. The second kappa shape index (κ2) is 4.39. The lowest BCUT2D eigenvalue weighted by Crippen LogP contribution is -2.29. The highest BCUT2D eigenvalue weighted by Crippen LogP contribution is 2.25. The smallest absolute Gasteiger partial charge is 0.134 e. The molecular weight excluding hydrogens is 218 g/mol. The molecule has 84 valence electrons. The van der Waals surface area contributed by atoms with Crippen LogP contribution in [0.5, 0.6) is 0 Å². The molecule has 3 nitrogen and oxygen atoms in total. The van der Waals surface area contributed by atoms with Crippen molar-refractivity contribution < 1.29 is 0 Å². The molecule has 2 aromatic rings. The predicted molar refractivity (Wildman–Crippen MR) is 69.1 cm³/mol. The van der Waals surface area contributed by atoms with Gasteiger partial charge in [-0.3, -0.25) is 0 Å². The van der Waals surface area contributed by atoms with Gasteiger partial charge in [-0.1, -0.05) is 0 Å². The number of rotatable bonds is 3. The monoisotopic (exact) mass is 233 g/mol. The fraction of sp³-hybridized carbons (Fsp3) is 0.417. The van der Waals surface area contributed by atoms with E-state index >= 15 is 0 Å². The van der Waals surface area contributed by atoms with Crippen molar-refractivity contribution >= 4 is 27.2 Å². The molecule has 1 aliphatic rings. The summed E-state index contributed by atoms with van der Waals surface area (Å²) in [5.41, 5.74) is 0. The number of hydrogen-bond donors (Lipinski definition) is 2. The van der Waals surface area contributed by atoms with E-state index in [0.717, 1.165) is 18.9 Å². The van der Waals surface area contributed by atoms with E-state index in [1.807, 2.05) is 6.20 Å². The van der Waals surface area contributed by atoms with E-state index in [-0.39, 0.29) is 0 Å². The van der Waals surface area contributed by atoms with Crippen LogP contribution in [0.25, 0.3) is 10.1 Å². The zero-order valence-electron chi connectivity index (χ0n) is 9.07. The molecule has 2 N–H and O–H groups in total. The van der Waals surface area contributed by atoms with Crippen molar-refractivity contribution in [2.24, 2.45) is 0 Å². The summed E-state index contributed by atoms with van der Waals surface area (Å²) < 4.78 is 1.30. The van der Waals surface area contributed by atoms with Crippen LogP contribution in [0.2, 0.25) is 0 Å². The van der Waals surface area contributed by atoms with E-state index in [1.54, 1.807) is 11.3 Å². The van der Waals surface area contributed by atoms with Gasteiger partial charge < -0.3 is 10.6 Å². The lowest BCUT2D eigenvalue weighted by molar-refractivity contribution is 0.633. The summed E-state index contributed by atoms with van der Waals surface area (Å²) in [6.45, 7) is 2.13. The minimum absolute atomic E-state index is 0.607. The minimum atomic E-state index is 0.607. The normalized spacial score (nSPS) is 20.4. The van der Waals surface area contributed by atoms with Gasteiger partial charge in [0.25, 0.3) is 0 Å². The summed E-state index contributed by atoms with van der Waals surface area (Å²) in [5, 5.41) is 10.3. The Morgan fingerprint density at radius 1 is 1.50 bits per heavy atom. The molecule has 0 amide bonds. The van der Waals surface area contributed by atoms with Gasteiger partial charge in [0.05, 0.1) is 0 Å². The van der Waals surface area contributed by atoms with Crippen molar-refractivity contribution in [1.29, 1.82) is 0 Å². The van der Waals surface area contributed by atoms with Crippen LogP contribution in [0.4, 0.5) is 5.82 Å². The topological polar surface area (TPSA) is 37.0 Å². The van der Waals surface area contributed by atoms with Gasteiger partial charge >= 0.3 is 0 Å². The number of nitrogens with zero attached hydrogens (tertiary/aromatic N) is 1. The lowest BCUT2D eigenvalue weighted by atomic mass is 10.2. The van der Waals surface area contributed by atoms with Crippen molar-refractivity contribution in [1.82, 2.24) is 10.3 Å². The number of aromatic nitrogens is 1. The molecule has 1 aliphatic heterocycles. The molecule has 1 unspecified atom stereocenters. The number of fused-ring (bicyclic) bond motifs is 1. The Kier molecular flexibility index (Phi) is 2.76. The zero-order valence-corrected chi connectivity index (χ0v) is 9.89. The summed E-state index contributed by atoms with van der Waals surface area (Å²) in [5.74, 6) is 1.02. The van der Waals surface area contributed by atoms with Gasteiger partial charge in [-0.25, -0.2) is 4.98 Å². The van der Waals surface area contributed by atoms with E-state index in [4.69, 9.17) is 0 Å². The van der Waals surface area contributed by atoms with Crippen LogP contribution in [0.1, 0.15) is 12.8 Å². The Bertz CT molecular complexity index is 474. The largest absolute Gasteiger partial charge is 0.368 e. The standard InChI is InChI=1S/C12H15N3S/c1-2-9(13-5-1)8-15-12-10-4-7-16-11(10)3-6-14-12/h3-4,6-7,9,13H,1-2,5,8H2,(H,14,15). The Morgan fingerprint density at radius 2 is 2.50 bits per heavy atom. The maximum atomic E-state index is 4.41. The second-order valence-electron chi connectivity index (χ2n) is 4.17. The number of anilines is 1. The molecule has 1 atom stereocenters. The maximum absolute atomic E-state index is 4.41. The summed E-state index contributed by atoms with van der Waals surface area (Å²) in [4.78, 5) is 4.41. The third-order valence-electron chi connectivity index (χ3n) is 3.06. The van der Waals surface area contributed by atoms with Crippen molar-refractivity contribution in [3.8, 4) is 0 Å². The molecule has 0 aliphatic carbocycles. The fourth-order valence-electron chi connectivity index (χ4n) is 2.19. The summed E-state index contributed by atoms with van der Waals surface area (Å²) in [6, 6.07) is 4.81. The summed E-state index contributed by atoms with van der Waals surface area (Å²) >= 11 is 1.76. The predicted octanol–water partition coefficient (Wildman–Crippen LogP) is 2.46. The minimum Gasteiger partial charge on any atom is -0.368 e. The molecule has 3 rings (SSSR count). The SMILES string of the molecule is c1cc2sccc2c(NCC2CCCN2)n1. The molecule has 4 heteroatoms. The first kappa shape index (κ1) is 10.1. The van der Waals surface area contributed by atoms with Gasteiger partial charge in [0.2, 0.25) is 0 Å². The average molecular weight is 233 g/mol. The van der Waals surface area contributed by atoms with Gasteiger partial charge in [-0.05, 0) is 36.9 Å². The van der Waals surface area contributed by atoms with Gasteiger partial charge in [0.1, 0.15) is 5.82 Å². The van der Waals surface area contributed by atoms with Crippen molar-refractivity contribution in [2.45, 2.75) is 18.9 Å². The number of thiophene rings is 1. The van der Waals surface area contributed by atoms with Gasteiger partial charge in [0, 0.05) is 28.9 Å². The Hall–Kier alpha value is -1.13. The maximum Gasteiger partial charge on any atom is 0.134 e. The molecule has 0 bridgehead atoms. The van der Waals surface area contributed by atoms with E-state index in [2.05, 4.69) is 33.1 Å². The summed E-state index contributed by atoms with van der Waals surface area (Å²) in [7, 11) is 0. The molecule has 0 aromatic carbocycles. The highest BCUT2D eigenvalue weighted by molar-refractivity contribution is 7.17. The molecule has 16 heavy (non-hydrogen) atoms. The van der Waals surface area contributed by atoms with Gasteiger partial charge in [-0.15, -0.1) is 11.3 Å². The van der Waals surface area contributed by atoms with Crippen LogP contribution in [0, 0.1) is 0 Å². The van der Waals surface area contributed by atoms with E-state index in [1.165, 1.54) is 22.9 Å². The molecular formula is C12H15N3S. The third-order valence-corrected chi connectivity index (χ3v) is 3.94. The molecule has 2 aromatic heterocycles. The van der Waals surface area contributed by atoms with Crippen LogP contribution in [-0.2, 0) is 0 Å². The molecule has 1 fully saturated rings. The van der Waals surface area contributed by atoms with Gasteiger partial charge in [0.15, 0.2) is 0 Å². The molecule has 3 heterocycles. The molecule has 0 saturated carbocycles. The number of pyridine rings is 1. The summed E-state index contributed by atoms with van der Waals surface area (Å²) in [6.07, 6.45) is 4.44. The average Bonchev–Trinajstić information content (AvgIpc) is 2.97. The van der Waals surface area contributed by atoms with Crippen molar-refractivity contribution in [3.63, 3.8) is 0 Å². The van der Waals surface area contributed by atoms with Crippen LogP contribution >= 0.6 is 11.3 Å². The van der Waals surface area contributed by atoms with Crippen LogP contribution < -0.4 is 10.6 Å². The Balaban J connectivity index is 1.75. The highest BCUT2D eigenvalue weighted by Gasteiger charge is 2.14. The van der Waals surface area contributed by atoms with Crippen molar-refractivity contribution in [3.05, 3.63) is 23.7 Å². The first-order valence-corrected chi connectivity index (χ1v) is 6.61. The van der Waals surface area contributed by atoms with Crippen molar-refractivity contribution in [2.75, 3.05) is 18.4 Å². The van der Waals surface area contributed by atoms with Crippen LogP contribution in [0.3, 0.4) is 0 Å². The quantitative estimate of drug-likeness (QED) is 0.855. The Morgan fingerprint density at radius 3 is 3.38 bits per heavy atom. The lowest BCUT2D eigenvalue weighted by Gasteiger charge is -2.12. The first-order chi connectivity index (χ1) is 7.93. The molecule has 0 spiro atoms.